The third-order valence-electron chi connectivity index (χ3n) is 2.34. The van der Waals surface area contributed by atoms with Crippen molar-refractivity contribution in [1.82, 2.24) is 0 Å². The van der Waals surface area contributed by atoms with Crippen LogP contribution in [0.25, 0.3) is 0 Å². The van der Waals surface area contributed by atoms with Gasteiger partial charge in [0.15, 0.2) is 0 Å². The first kappa shape index (κ1) is 13.7. The number of esters is 1. The number of unbranched alkanes of at least 4 members (excludes halogenated alkanes) is 1. The van der Waals surface area contributed by atoms with Crippen molar-refractivity contribution in [3.8, 4) is 0 Å². The first-order valence-corrected chi connectivity index (χ1v) is 6.10. The fraction of sp³-hybridized carbons (Fsp3) is 0.500. The molecule has 1 rings (SSSR count). The first-order valence-electron chi connectivity index (χ1n) is 6.10. The summed E-state index contributed by atoms with van der Waals surface area (Å²) in [6, 6.07) is 10.1. The Morgan fingerprint density at radius 1 is 1.18 bits per heavy atom. The Morgan fingerprint density at radius 3 is 2.65 bits per heavy atom. The van der Waals surface area contributed by atoms with E-state index < -0.39 is 0 Å². The molecule has 0 atom stereocenters. The van der Waals surface area contributed by atoms with Gasteiger partial charge in [0.25, 0.3) is 0 Å². The van der Waals surface area contributed by atoms with Gasteiger partial charge in [0.2, 0.25) is 0 Å². The van der Waals surface area contributed by atoms with E-state index in [1.54, 1.807) is 0 Å². The van der Waals surface area contributed by atoms with E-state index in [-0.39, 0.29) is 5.97 Å². The summed E-state index contributed by atoms with van der Waals surface area (Å²) in [7, 11) is 0. The van der Waals surface area contributed by atoms with Crippen LogP contribution in [0.4, 0.5) is 0 Å². The van der Waals surface area contributed by atoms with Gasteiger partial charge in [-0.25, -0.2) is 0 Å². The molecule has 0 aliphatic rings. The Morgan fingerprint density at radius 2 is 1.94 bits per heavy atom. The summed E-state index contributed by atoms with van der Waals surface area (Å²) >= 11 is 0. The molecule has 1 aromatic carbocycles. The highest BCUT2D eigenvalue weighted by Gasteiger charge is 2.00. The summed E-state index contributed by atoms with van der Waals surface area (Å²) in [5.74, 6) is -0.115. The standard InChI is InChI=1S/C14H20O3/c1-2-17-14(15)10-6-7-11-16-12-13-8-4-3-5-9-13/h3-5,8-9H,2,6-7,10-12H2,1H3. The van der Waals surface area contributed by atoms with E-state index >= 15 is 0 Å². The fourth-order valence-electron chi connectivity index (χ4n) is 1.47. The molecule has 0 aromatic heterocycles. The number of carbonyl (C=O) groups excluding carboxylic acids is 1. The molecular formula is C14H20O3. The smallest absolute Gasteiger partial charge is 0.305 e. The molecule has 0 fully saturated rings. The van der Waals surface area contributed by atoms with Crippen LogP contribution < -0.4 is 0 Å². The molecule has 0 unspecified atom stereocenters. The van der Waals surface area contributed by atoms with Crippen LogP contribution in [0.3, 0.4) is 0 Å². The second kappa shape index (κ2) is 8.76. The highest BCUT2D eigenvalue weighted by molar-refractivity contribution is 5.69. The van der Waals surface area contributed by atoms with Crippen molar-refractivity contribution in [3.63, 3.8) is 0 Å². The minimum atomic E-state index is -0.115. The predicted octanol–water partition coefficient (Wildman–Crippen LogP) is 2.94. The Kier molecular flexibility index (Phi) is 7.07. The van der Waals surface area contributed by atoms with Gasteiger partial charge in [-0.3, -0.25) is 4.79 Å². The highest BCUT2D eigenvalue weighted by Crippen LogP contribution is 2.03. The fourth-order valence-corrected chi connectivity index (χ4v) is 1.47. The summed E-state index contributed by atoms with van der Waals surface area (Å²) in [4.78, 5) is 11.0. The number of hydrogen-bond donors (Lipinski definition) is 0. The van der Waals surface area contributed by atoms with Crippen LogP contribution in [-0.2, 0) is 20.9 Å². The van der Waals surface area contributed by atoms with Gasteiger partial charge in [-0.05, 0) is 25.3 Å². The van der Waals surface area contributed by atoms with Crippen molar-refractivity contribution in [1.29, 1.82) is 0 Å². The predicted molar refractivity (Wildman–Crippen MR) is 66.6 cm³/mol. The molecule has 0 amide bonds. The topological polar surface area (TPSA) is 35.5 Å². The molecule has 0 heterocycles. The van der Waals surface area contributed by atoms with Gasteiger partial charge in [0.1, 0.15) is 0 Å². The maximum absolute atomic E-state index is 11.0. The Balaban J connectivity index is 1.96. The molecule has 17 heavy (non-hydrogen) atoms. The number of ether oxygens (including phenoxy) is 2. The van der Waals surface area contributed by atoms with Gasteiger partial charge in [-0.2, -0.15) is 0 Å². The zero-order valence-corrected chi connectivity index (χ0v) is 10.4. The summed E-state index contributed by atoms with van der Waals surface area (Å²) in [6.07, 6.45) is 2.21. The third-order valence-corrected chi connectivity index (χ3v) is 2.34. The molecule has 0 saturated carbocycles. The van der Waals surface area contributed by atoms with E-state index in [1.165, 1.54) is 5.56 Å². The molecule has 0 saturated heterocycles. The molecule has 3 heteroatoms. The van der Waals surface area contributed by atoms with Gasteiger partial charge in [-0.1, -0.05) is 30.3 Å². The van der Waals surface area contributed by atoms with E-state index in [0.29, 0.717) is 26.2 Å². The zero-order valence-electron chi connectivity index (χ0n) is 10.4. The van der Waals surface area contributed by atoms with Gasteiger partial charge in [0, 0.05) is 13.0 Å². The van der Waals surface area contributed by atoms with Gasteiger partial charge >= 0.3 is 5.97 Å². The Hall–Kier alpha value is -1.35. The van der Waals surface area contributed by atoms with Crippen LogP contribution in [-0.4, -0.2) is 19.2 Å². The monoisotopic (exact) mass is 236 g/mol. The molecule has 0 aliphatic heterocycles. The molecule has 0 radical (unpaired) electrons. The van der Waals surface area contributed by atoms with Crippen molar-refractivity contribution in [3.05, 3.63) is 35.9 Å². The van der Waals surface area contributed by atoms with Crippen molar-refractivity contribution < 1.29 is 14.3 Å². The number of rotatable bonds is 8. The van der Waals surface area contributed by atoms with Crippen LogP contribution in [0.2, 0.25) is 0 Å². The summed E-state index contributed by atoms with van der Waals surface area (Å²) < 4.78 is 10.3. The number of hydrogen-bond acceptors (Lipinski definition) is 3. The quantitative estimate of drug-likeness (QED) is 0.514. The second-order valence-electron chi connectivity index (χ2n) is 3.80. The third kappa shape index (κ3) is 6.74. The Labute approximate surface area is 103 Å². The van der Waals surface area contributed by atoms with E-state index in [4.69, 9.17) is 9.47 Å². The van der Waals surface area contributed by atoms with Crippen molar-refractivity contribution in [2.75, 3.05) is 13.2 Å². The van der Waals surface area contributed by atoms with Crippen LogP contribution in [0.5, 0.6) is 0 Å². The zero-order chi connectivity index (χ0) is 12.3. The van der Waals surface area contributed by atoms with E-state index in [2.05, 4.69) is 0 Å². The molecule has 0 bridgehead atoms. The van der Waals surface area contributed by atoms with Gasteiger partial charge in [0.05, 0.1) is 13.2 Å². The van der Waals surface area contributed by atoms with Crippen LogP contribution in [0, 0.1) is 0 Å². The van der Waals surface area contributed by atoms with Gasteiger partial charge in [-0.15, -0.1) is 0 Å². The molecule has 3 nitrogen and oxygen atoms in total. The lowest BCUT2D eigenvalue weighted by molar-refractivity contribution is -0.143. The minimum absolute atomic E-state index is 0.115. The lowest BCUT2D eigenvalue weighted by atomic mass is 10.2. The molecule has 0 spiro atoms. The molecule has 1 aromatic rings. The normalized spacial score (nSPS) is 10.2. The Bertz CT molecular complexity index is 309. The second-order valence-corrected chi connectivity index (χ2v) is 3.80. The van der Waals surface area contributed by atoms with E-state index in [9.17, 15) is 4.79 Å². The van der Waals surface area contributed by atoms with Gasteiger partial charge < -0.3 is 9.47 Å². The SMILES string of the molecule is CCOC(=O)CCCCOCc1ccccc1. The average molecular weight is 236 g/mol. The van der Waals surface area contributed by atoms with Crippen molar-refractivity contribution in [2.24, 2.45) is 0 Å². The highest BCUT2D eigenvalue weighted by atomic mass is 16.5. The maximum atomic E-state index is 11.0. The molecule has 0 aliphatic carbocycles. The first-order chi connectivity index (χ1) is 8.33. The average Bonchev–Trinajstić information content (AvgIpc) is 2.35. The minimum Gasteiger partial charge on any atom is -0.466 e. The van der Waals surface area contributed by atoms with Crippen LogP contribution in [0.15, 0.2) is 30.3 Å². The lowest BCUT2D eigenvalue weighted by Gasteiger charge is -2.04. The number of benzene rings is 1. The van der Waals surface area contributed by atoms with E-state index in [0.717, 1.165) is 12.8 Å². The molecule has 94 valence electrons. The maximum Gasteiger partial charge on any atom is 0.305 e. The summed E-state index contributed by atoms with van der Waals surface area (Å²) in [5.41, 5.74) is 1.18. The molecular weight excluding hydrogens is 216 g/mol. The van der Waals surface area contributed by atoms with Crippen LogP contribution in [0.1, 0.15) is 31.7 Å². The number of carbonyl (C=O) groups is 1. The van der Waals surface area contributed by atoms with E-state index in [1.807, 2.05) is 37.3 Å². The summed E-state index contributed by atoms with van der Waals surface area (Å²) in [5, 5.41) is 0. The van der Waals surface area contributed by atoms with Crippen LogP contribution >= 0.6 is 0 Å². The van der Waals surface area contributed by atoms with Crippen molar-refractivity contribution >= 4 is 5.97 Å². The summed E-state index contributed by atoms with van der Waals surface area (Å²) in [6.45, 7) is 3.61. The molecule has 0 N–H and O–H groups in total. The lowest BCUT2D eigenvalue weighted by Crippen LogP contribution is -2.04. The largest absolute Gasteiger partial charge is 0.466 e. The van der Waals surface area contributed by atoms with Crippen molar-refractivity contribution in [2.45, 2.75) is 32.8 Å².